The Morgan fingerprint density at radius 2 is 1.03 bits per heavy atom. The van der Waals surface area contributed by atoms with Crippen molar-refractivity contribution in [2.24, 2.45) is 0 Å². The highest BCUT2D eigenvalue weighted by molar-refractivity contribution is 7.26. The summed E-state index contributed by atoms with van der Waals surface area (Å²) in [5, 5.41) is 9.97. The van der Waals surface area contributed by atoms with Crippen LogP contribution in [0.25, 0.3) is 114 Å². The van der Waals surface area contributed by atoms with E-state index >= 15 is 0 Å². The molecule has 15 rings (SSSR count). The maximum Gasteiger partial charge on any atom is 0.0640 e. The molecular formula is C71H48N2S. The smallest absolute Gasteiger partial charge is 0.0640 e. The van der Waals surface area contributed by atoms with Crippen molar-refractivity contribution in [3.8, 4) is 50.2 Å². The van der Waals surface area contributed by atoms with Crippen LogP contribution in [0.5, 0.6) is 0 Å². The number of fused-ring (bicyclic) bond motifs is 12. The van der Waals surface area contributed by atoms with E-state index in [1.54, 1.807) is 0 Å². The van der Waals surface area contributed by atoms with E-state index < -0.39 is 0 Å². The number of rotatable bonds is 7. The summed E-state index contributed by atoms with van der Waals surface area (Å²) in [6.45, 7) is 4.73. The molecule has 12 aromatic carbocycles. The minimum atomic E-state index is -0.0978. The molecule has 1 aliphatic carbocycles. The van der Waals surface area contributed by atoms with Crippen LogP contribution in [0.3, 0.4) is 0 Å². The second-order valence-electron chi connectivity index (χ2n) is 20.4. The van der Waals surface area contributed by atoms with E-state index in [0.29, 0.717) is 0 Å². The van der Waals surface area contributed by atoms with Crippen LogP contribution in [0.15, 0.2) is 255 Å². The van der Waals surface area contributed by atoms with Gasteiger partial charge in [0.25, 0.3) is 0 Å². The number of hydrogen-bond acceptors (Lipinski definition) is 2. The van der Waals surface area contributed by atoms with Gasteiger partial charge in [-0.1, -0.05) is 196 Å². The zero-order valence-corrected chi connectivity index (χ0v) is 41.9. The number of nitrogens with zero attached hydrogens (tertiary/aromatic N) is 2. The van der Waals surface area contributed by atoms with Crippen LogP contribution >= 0.6 is 11.3 Å². The van der Waals surface area contributed by atoms with Crippen molar-refractivity contribution in [2.45, 2.75) is 19.3 Å². The van der Waals surface area contributed by atoms with Crippen LogP contribution in [0.4, 0.5) is 17.1 Å². The maximum atomic E-state index is 2.54. The first-order chi connectivity index (χ1) is 36.5. The Kier molecular flexibility index (Phi) is 9.51. The highest BCUT2D eigenvalue weighted by atomic mass is 32.1. The molecule has 2 heterocycles. The van der Waals surface area contributed by atoms with Gasteiger partial charge in [-0.2, -0.15) is 0 Å². The minimum Gasteiger partial charge on any atom is -0.309 e. The number of benzene rings is 12. The summed E-state index contributed by atoms with van der Waals surface area (Å²) in [5.74, 6) is 0. The Balaban J connectivity index is 1.02. The zero-order chi connectivity index (χ0) is 49.1. The first kappa shape index (κ1) is 42.6. The second kappa shape index (κ2) is 16.5. The van der Waals surface area contributed by atoms with Gasteiger partial charge in [0.15, 0.2) is 0 Å². The Hall–Kier alpha value is -9.02. The summed E-state index contributed by atoms with van der Waals surface area (Å²) in [4.78, 5) is 2.51. The fourth-order valence-electron chi connectivity index (χ4n) is 12.5. The van der Waals surface area contributed by atoms with E-state index in [1.807, 2.05) is 11.3 Å². The van der Waals surface area contributed by atoms with Gasteiger partial charge < -0.3 is 9.47 Å². The molecule has 0 saturated carbocycles. The lowest BCUT2D eigenvalue weighted by Crippen LogP contribution is -2.14. The van der Waals surface area contributed by atoms with E-state index in [-0.39, 0.29) is 5.41 Å². The molecule has 0 atom stereocenters. The third-order valence-corrected chi connectivity index (χ3v) is 17.1. The number of aromatic nitrogens is 1. The third-order valence-electron chi connectivity index (χ3n) is 15.9. The molecule has 348 valence electrons. The molecule has 1 aliphatic rings. The number of anilines is 3. The molecule has 0 N–H and O–H groups in total. The molecule has 0 spiro atoms. The van der Waals surface area contributed by atoms with Gasteiger partial charge >= 0.3 is 0 Å². The Labute approximate surface area is 434 Å². The summed E-state index contributed by atoms with van der Waals surface area (Å²) in [6.07, 6.45) is 0. The van der Waals surface area contributed by atoms with Crippen molar-refractivity contribution in [3.63, 3.8) is 0 Å². The van der Waals surface area contributed by atoms with Gasteiger partial charge in [-0.3, -0.25) is 0 Å². The van der Waals surface area contributed by atoms with E-state index in [4.69, 9.17) is 0 Å². The molecular weight excluding hydrogens is 913 g/mol. The van der Waals surface area contributed by atoms with Crippen LogP contribution < -0.4 is 4.90 Å². The van der Waals surface area contributed by atoms with Crippen molar-refractivity contribution in [3.05, 3.63) is 266 Å². The summed E-state index contributed by atoms with van der Waals surface area (Å²) in [5.41, 5.74) is 19.3. The maximum absolute atomic E-state index is 2.54. The van der Waals surface area contributed by atoms with Crippen LogP contribution in [0, 0.1) is 0 Å². The highest BCUT2D eigenvalue weighted by Crippen LogP contribution is 2.52. The largest absolute Gasteiger partial charge is 0.309 e. The average molecular weight is 961 g/mol. The van der Waals surface area contributed by atoms with Crippen molar-refractivity contribution in [1.29, 1.82) is 0 Å². The molecule has 2 nitrogen and oxygen atoms in total. The highest BCUT2D eigenvalue weighted by Gasteiger charge is 2.35. The molecule has 2 aromatic heterocycles. The number of hydrogen-bond donors (Lipinski definition) is 0. The van der Waals surface area contributed by atoms with Gasteiger partial charge in [-0.05, 0) is 144 Å². The monoisotopic (exact) mass is 960 g/mol. The quantitative estimate of drug-likeness (QED) is 0.145. The van der Waals surface area contributed by atoms with Crippen molar-refractivity contribution < 1.29 is 0 Å². The molecule has 74 heavy (non-hydrogen) atoms. The molecule has 0 saturated heterocycles. The van der Waals surface area contributed by atoms with E-state index in [2.05, 4.69) is 278 Å². The molecule has 14 aromatic rings. The predicted octanol–water partition coefficient (Wildman–Crippen LogP) is 20.2. The molecule has 0 amide bonds. The molecule has 0 fully saturated rings. The van der Waals surface area contributed by atoms with Crippen LogP contribution in [0.1, 0.15) is 25.0 Å². The molecule has 3 heteroatoms. The van der Waals surface area contributed by atoms with Gasteiger partial charge in [-0.25, -0.2) is 0 Å². The van der Waals surface area contributed by atoms with Crippen molar-refractivity contribution >= 4 is 91.9 Å². The van der Waals surface area contributed by atoms with Crippen LogP contribution in [-0.2, 0) is 5.41 Å². The standard InChI is InChI=1S/C71H48N2S/c1-71(2)64-32-15-13-29-56(64)61-43-52(35-37-65(61)71)73-66-38-36-51(44-62(66)63-42-49(45-19-5-3-6-20-45)41-60(69(63)73)46-21-7-4-8-22-46)72(67-33-18-31-58-57-30-14-16-34-68(57)74-70(58)67)50-25-17-24-47(39-50)59-40-48-23-9-10-26-53(48)54-27-11-12-28-55(54)59/h3-44H,1-2H3. The molecule has 0 radical (unpaired) electrons. The van der Waals surface area contributed by atoms with Crippen LogP contribution in [-0.4, -0.2) is 4.57 Å². The van der Waals surface area contributed by atoms with Gasteiger partial charge in [0.1, 0.15) is 0 Å². The van der Waals surface area contributed by atoms with Crippen LogP contribution in [0.2, 0.25) is 0 Å². The Morgan fingerprint density at radius 1 is 0.365 bits per heavy atom. The Morgan fingerprint density at radius 3 is 1.88 bits per heavy atom. The fourth-order valence-corrected chi connectivity index (χ4v) is 13.7. The van der Waals surface area contributed by atoms with Gasteiger partial charge in [-0.15, -0.1) is 11.3 Å². The Bertz CT molecular complexity index is 4580. The summed E-state index contributed by atoms with van der Waals surface area (Å²) < 4.78 is 5.09. The normalized spacial score (nSPS) is 12.8. The van der Waals surface area contributed by atoms with E-state index in [0.717, 1.165) is 28.3 Å². The summed E-state index contributed by atoms with van der Waals surface area (Å²) in [6, 6.07) is 95.0. The van der Waals surface area contributed by atoms with Gasteiger partial charge in [0.05, 0.1) is 21.4 Å². The first-order valence-electron chi connectivity index (χ1n) is 25.7. The SMILES string of the molecule is CC1(C)c2ccccc2-c2cc(-n3c4ccc(N(c5cccc(-c6cc7ccccc7c7ccccc67)c5)c5cccc6c5sc5ccccc56)cc4c4cc(-c5ccccc5)cc(-c5ccccc5)c43)ccc21. The number of thiophene rings is 1. The first-order valence-corrected chi connectivity index (χ1v) is 26.5. The molecule has 0 bridgehead atoms. The molecule has 0 aliphatic heterocycles. The lowest BCUT2D eigenvalue weighted by atomic mass is 9.82. The summed E-state index contributed by atoms with van der Waals surface area (Å²) >= 11 is 1.88. The lowest BCUT2D eigenvalue weighted by Gasteiger charge is -2.27. The minimum absolute atomic E-state index is 0.0978. The molecule has 0 unspecified atom stereocenters. The average Bonchev–Trinajstić information content (AvgIpc) is 4.13. The second-order valence-corrected chi connectivity index (χ2v) is 21.5. The summed E-state index contributed by atoms with van der Waals surface area (Å²) in [7, 11) is 0. The lowest BCUT2D eigenvalue weighted by molar-refractivity contribution is 0.660. The topological polar surface area (TPSA) is 8.17 Å². The van der Waals surface area contributed by atoms with Gasteiger partial charge in [0, 0.05) is 54.3 Å². The van der Waals surface area contributed by atoms with E-state index in [9.17, 15) is 0 Å². The third kappa shape index (κ3) is 6.50. The van der Waals surface area contributed by atoms with Crippen molar-refractivity contribution in [1.82, 2.24) is 4.57 Å². The predicted molar refractivity (Wildman–Crippen MR) is 317 cm³/mol. The fraction of sp³-hybridized carbons (Fsp3) is 0.0423. The van der Waals surface area contributed by atoms with Gasteiger partial charge in [0.2, 0.25) is 0 Å². The van der Waals surface area contributed by atoms with Crippen molar-refractivity contribution in [2.75, 3.05) is 4.90 Å². The zero-order valence-electron chi connectivity index (χ0n) is 41.1. The van der Waals surface area contributed by atoms with E-state index in [1.165, 1.54) is 114 Å².